The molecule has 0 unspecified atom stereocenters. The first-order valence-electron chi connectivity index (χ1n) is 10.2. The highest BCUT2D eigenvalue weighted by Crippen LogP contribution is 2.29. The van der Waals surface area contributed by atoms with Crippen molar-refractivity contribution in [2.24, 2.45) is 17.8 Å². The van der Waals surface area contributed by atoms with Crippen LogP contribution >= 0.6 is 0 Å². The number of nitrogens with one attached hydrogen (secondary N) is 1. The summed E-state index contributed by atoms with van der Waals surface area (Å²) in [7, 11) is 0. The molecule has 28 heavy (non-hydrogen) atoms. The highest BCUT2D eigenvalue weighted by molar-refractivity contribution is 5.83. The molecule has 1 aromatic heterocycles. The Labute approximate surface area is 165 Å². The van der Waals surface area contributed by atoms with E-state index in [0.717, 1.165) is 12.0 Å². The lowest BCUT2D eigenvalue weighted by Crippen LogP contribution is -2.50. The summed E-state index contributed by atoms with van der Waals surface area (Å²) in [5.41, 5.74) is 0.929. The molecule has 0 bridgehead atoms. The number of carboxylic acids is 1. The predicted octanol–water partition coefficient (Wildman–Crippen LogP) is 2.22. The second-order valence-corrected chi connectivity index (χ2v) is 8.03. The van der Waals surface area contributed by atoms with Crippen molar-refractivity contribution in [3.05, 3.63) is 30.1 Å². The summed E-state index contributed by atoms with van der Waals surface area (Å²) in [5.74, 6) is -1.74. The fourth-order valence-corrected chi connectivity index (χ4v) is 4.29. The van der Waals surface area contributed by atoms with Gasteiger partial charge in [0.2, 0.25) is 11.8 Å². The van der Waals surface area contributed by atoms with Gasteiger partial charge in [-0.3, -0.25) is 19.4 Å². The van der Waals surface area contributed by atoms with E-state index in [-0.39, 0.29) is 24.8 Å². The molecule has 1 aliphatic carbocycles. The van der Waals surface area contributed by atoms with E-state index in [9.17, 15) is 19.5 Å². The molecule has 7 nitrogen and oxygen atoms in total. The van der Waals surface area contributed by atoms with E-state index >= 15 is 0 Å². The van der Waals surface area contributed by atoms with Crippen LogP contribution in [0.3, 0.4) is 0 Å². The van der Waals surface area contributed by atoms with Crippen LogP contribution in [0.15, 0.2) is 24.5 Å². The minimum absolute atomic E-state index is 0.0233. The van der Waals surface area contributed by atoms with Gasteiger partial charge in [-0.25, -0.2) is 0 Å². The molecule has 2 amide bonds. The molecule has 1 saturated carbocycles. The molecule has 2 fully saturated rings. The molecule has 2 atom stereocenters. The Balaban J connectivity index is 1.56. The molecule has 1 aromatic rings. The topological polar surface area (TPSA) is 99.6 Å². The first kappa shape index (κ1) is 20.3. The van der Waals surface area contributed by atoms with Gasteiger partial charge >= 0.3 is 5.97 Å². The van der Waals surface area contributed by atoms with E-state index < -0.39 is 17.8 Å². The van der Waals surface area contributed by atoms with Crippen molar-refractivity contribution in [2.45, 2.75) is 51.5 Å². The summed E-state index contributed by atoms with van der Waals surface area (Å²) in [6.45, 7) is 0.869. The van der Waals surface area contributed by atoms with Crippen LogP contribution < -0.4 is 5.32 Å². The van der Waals surface area contributed by atoms with Gasteiger partial charge in [-0.05, 0) is 36.5 Å². The van der Waals surface area contributed by atoms with Crippen LogP contribution in [0, 0.1) is 17.8 Å². The maximum atomic E-state index is 12.7. The van der Waals surface area contributed by atoms with E-state index in [1.807, 2.05) is 12.1 Å². The maximum absolute atomic E-state index is 12.7. The fourth-order valence-electron chi connectivity index (χ4n) is 4.29. The molecule has 1 aliphatic heterocycles. The highest BCUT2D eigenvalue weighted by Gasteiger charge is 2.36. The van der Waals surface area contributed by atoms with E-state index in [4.69, 9.17) is 0 Å². The molecule has 2 heterocycles. The SMILES string of the molecule is O=C(O)[C@H]1C[C@@H](C(=O)NCc2ccncc2)CN(C(=O)CCC2CCCC2)C1. The van der Waals surface area contributed by atoms with Gasteiger partial charge in [0.1, 0.15) is 0 Å². The van der Waals surface area contributed by atoms with Gasteiger partial charge in [0.25, 0.3) is 0 Å². The largest absolute Gasteiger partial charge is 0.481 e. The van der Waals surface area contributed by atoms with E-state index in [1.54, 1.807) is 17.3 Å². The first-order valence-corrected chi connectivity index (χ1v) is 10.2. The molecular formula is C21H29N3O4. The third-order valence-corrected chi connectivity index (χ3v) is 5.98. The van der Waals surface area contributed by atoms with Crippen molar-refractivity contribution in [3.8, 4) is 0 Å². The molecule has 3 rings (SSSR count). The van der Waals surface area contributed by atoms with E-state index in [2.05, 4.69) is 10.3 Å². The zero-order valence-corrected chi connectivity index (χ0v) is 16.2. The Morgan fingerprint density at radius 1 is 1.11 bits per heavy atom. The van der Waals surface area contributed by atoms with Crippen LogP contribution in [-0.2, 0) is 20.9 Å². The van der Waals surface area contributed by atoms with Crippen LogP contribution in [0.4, 0.5) is 0 Å². The lowest BCUT2D eigenvalue weighted by molar-refractivity contribution is -0.148. The van der Waals surface area contributed by atoms with Crippen molar-refractivity contribution in [1.82, 2.24) is 15.2 Å². The van der Waals surface area contributed by atoms with Crippen molar-refractivity contribution >= 4 is 17.8 Å². The monoisotopic (exact) mass is 387 g/mol. The molecule has 2 aliphatic rings. The number of carbonyl (C=O) groups excluding carboxylic acids is 2. The molecule has 1 saturated heterocycles. The number of piperidine rings is 1. The second kappa shape index (κ2) is 9.66. The molecule has 152 valence electrons. The van der Waals surface area contributed by atoms with Crippen molar-refractivity contribution < 1.29 is 19.5 Å². The zero-order valence-electron chi connectivity index (χ0n) is 16.2. The summed E-state index contributed by atoms with van der Waals surface area (Å²) < 4.78 is 0. The number of hydrogen-bond acceptors (Lipinski definition) is 4. The third kappa shape index (κ3) is 5.53. The van der Waals surface area contributed by atoms with E-state index in [0.29, 0.717) is 25.4 Å². The zero-order chi connectivity index (χ0) is 19.9. The summed E-state index contributed by atoms with van der Waals surface area (Å²) in [6.07, 6.45) is 9.75. The minimum atomic E-state index is -0.944. The van der Waals surface area contributed by atoms with Gasteiger partial charge in [0.05, 0.1) is 11.8 Å². The van der Waals surface area contributed by atoms with E-state index in [1.165, 1.54) is 25.7 Å². The summed E-state index contributed by atoms with van der Waals surface area (Å²) in [4.78, 5) is 42.4. The van der Waals surface area contributed by atoms with Crippen LogP contribution in [0.1, 0.15) is 50.5 Å². The molecule has 2 N–H and O–H groups in total. The molecular weight excluding hydrogens is 358 g/mol. The summed E-state index contributed by atoms with van der Waals surface area (Å²) in [6, 6.07) is 3.64. The standard InChI is InChI=1S/C21H29N3O4/c25-19(6-5-15-3-1-2-4-15)24-13-17(11-18(14-24)21(27)28)20(26)23-12-16-7-9-22-10-8-16/h7-10,15,17-18H,1-6,11-14H2,(H,23,26)(H,27,28)/t17-,18+/m1/s1. The minimum Gasteiger partial charge on any atom is -0.481 e. The van der Waals surface area contributed by atoms with Crippen LogP contribution in [0.25, 0.3) is 0 Å². The number of hydrogen-bond donors (Lipinski definition) is 2. The average molecular weight is 387 g/mol. The second-order valence-electron chi connectivity index (χ2n) is 8.03. The lowest BCUT2D eigenvalue weighted by atomic mass is 9.88. The number of amides is 2. The van der Waals surface area contributed by atoms with Crippen LogP contribution in [-0.4, -0.2) is 45.9 Å². The van der Waals surface area contributed by atoms with Gasteiger partial charge in [-0.15, -0.1) is 0 Å². The molecule has 0 aromatic carbocycles. The number of nitrogens with zero attached hydrogens (tertiary/aromatic N) is 2. The van der Waals surface area contributed by atoms with Gasteiger partial charge in [0.15, 0.2) is 0 Å². The number of likely N-dealkylation sites (tertiary alicyclic amines) is 1. The van der Waals surface area contributed by atoms with Gasteiger partial charge < -0.3 is 15.3 Å². The van der Waals surface area contributed by atoms with Crippen molar-refractivity contribution in [2.75, 3.05) is 13.1 Å². The van der Waals surface area contributed by atoms with Crippen molar-refractivity contribution in [1.29, 1.82) is 0 Å². The normalized spacial score (nSPS) is 22.8. The highest BCUT2D eigenvalue weighted by atomic mass is 16.4. The maximum Gasteiger partial charge on any atom is 0.308 e. The smallest absolute Gasteiger partial charge is 0.308 e. The van der Waals surface area contributed by atoms with Gasteiger partial charge in [0, 0.05) is 38.4 Å². The Bertz CT molecular complexity index is 688. The number of pyridine rings is 1. The van der Waals surface area contributed by atoms with Crippen LogP contribution in [0.5, 0.6) is 0 Å². The molecule has 0 spiro atoms. The Morgan fingerprint density at radius 2 is 1.79 bits per heavy atom. The van der Waals surface area contributed by atoms with Gasteiger partial charge in [-0.1, -0.05) is 25.7 Å². The van der Waals surface area contributed by atoms with Gasteiger partial charge in [-0.2, -0.15) is 0 Å². The van der Waals surface area contributed by atoms with Crippen LogP contribution in [0.2, 0.25) is 0 Å². The Morgan fingerprint density at radius 3 is 2.46 bits per heavy atom. The number of carbonyl (C=O) groups is 3. The summed E-state index contributed by atoms with van der Waals surface area (Å²) in [5, 5.41) is 12.3. The number of aliphatic carboxylic acids is 1. The number of aromatic nitrogens is 1. The summed E-state index contributed by atoms with van der Waals surface area (Å²) >= 11 is 0. The number of carboxylic acid groups (broad SMARTS) is 1. The third-order valence-electron chi connectivity index (χ3n) is 5.98. The predicted molar refractivity (Wildman–Crippen MR) is 103 cm³/mol. The quantitative estimate of drug-likeness (QED) is 0.747. The van der Waals surface area contributed by atoms with Crippen molar-refractivity contribution in [3.63, 3.8) is 0 Å². The molecule has 7 heteroatoms. The molecule has 0 radical (unpaired) electrons. The number of rotatable bonds is 7. The fraction of sp³-hybridized carbons (Fsp3) is 0.619. The average Bonchev–Trinajstić information content (AvgIpc) is 3.24. The Hall–Kier alpha value is -2.44. The first-order chi connectivity index (χ1) is 13.5. The Kier molecular flexibility index (Phi) is 7.01. The lowest BCUT2D eigenvalue weighted by Gasteiger charge is -2.35.